The number of nitrogens with one attached hydrogen (secondary N) is 2. The van der Waals surface area contributed by atoms with E-state index in [4.69, 9.17) is 9.47 Å². The van der Waals surface area contributed by atoms with Gasteiger partial charge in [-0.2, -0.15) is 0 Å². The maximum atomic E-state index is 6.34. The first-order valence-corrected chi connectivity index (χ1v) is 11.5. The average molecular weight is 431 g/mol. The van der Waals surface area contributed by atoms with E-state index in [9.17, 15) is 0 Å². The molecule has 6 nitrogen and oxygen atoms in total. The summed E-state index contributed by atoms with van der Waals surface area (Å²) in [6.45, 7) is 1.39. The summed E-state index contributed by atoms with van der Waals surface area (Å²) in [6, 6.07) is 10.6. The van der Waals surface area contributed by atoms with Crippen LogP contribution < -0.4 is 20.1 Å². The molecule has 1 aliphatic carbocycles. The molecule has 1 heterocycles. The van der Waals surface area contributed by atoms with Crippen LogP contribution in [0.4, 0.5) is 0 Å². The average Bonchev–Trinajstić information content (AvgIpc) is 3.45. The second kappa shape index (κ2) is 11.2. The van der Waals surface area contributed by atoms with E-state index in [0.717, 1.165) is 42.4 Å². The van der Waals surface area contributed by atoms with Gasteiger partial charge in [-0.25, -0.2) is 0 Å². The third-order valence-corrected chi connectivity index (χ3v) is 6.47. The van der Waals surface area contributed by atoms with E-state index in [2.05, 4.69) is 58.2 Å². The predicted octanol–water partition coefficient (Wildman–Crippen LogP) is 4.05. The summed E-state index contributed by atoms with van der Waals surface area (Å²) in [5.74, 6) is 2.40. The van der Waals surface area contributed by atoms with Crippen molar-refractivity contribution in [1.82, 2.24) is 15.5 Å². The molecule has 1 aromatic carbocycles. The van der Waals surface area contributed by atoms with Gasteiger partial charge in [-0.05, 0) is 57.3 Å². The van der Waals surface area contributed by atoms with Crippen molar-refractivity contribution in [3.05, 3.63) is 46.2 Å². The van der Waals surface area contributed by atoms with Crippen LogP contribution in [0.3, 0.4) is 0 Å². The van der Waals surface area contributed by atoms with Crippen LogP contribution in [-0.2, 0) is 6.54 Å². The minimum Gasteiger partial charge on any atom is -0.493 e. The third kappa shape index (κ3) is 5.89. The standard InChI is InChI=1S/C23H34N4O2S/c1-24-23(26-16-19(27(2)3)21-13-8-14-30-21)25-15-17-9-7-12-20(28-4)22(17)29-18-10-5-6-11-18/h7-9,12-14,18-19H,5-6,10-11,15-16H2,1-4H3,(H2,24,25,26). The van der Waals surface area contributed by atoms with Gasteiger partial charge >= 0.3 is 0 Å². The SMILES string of the molecule is CN=C(NCc1cccc(OC)c1OC1CCCC1)NCC(c1cccs1)N(C)C. The van der Waals surface area contributed by atoms with Gasteiger partial charge in [0.25, 0.3) is 0 Å². The van der Waals surface area contributed by atoms with E-state index in [1.54, 1.807) is 25.5 Å². The number of methoxy groups -OCH3 is 1. The second-order valence-corrected chi connectivity index (χ2v) is 8.75. The van der Waals surface area contributed by atoms with Gasteiger partial charge in [0.2, 0.25) is 0 Å². The number of rotatable bonds is 9. The monoisotopic (exact) mass is 430 g/mol. The summed E-state index contributed by atoms with van der Waals surface area (Å²) in [5.41, 5.74) is 1.08. The van der Waals surface area contributed by atoms with Gasteiger partial charge in [0.15, 0.2) is 17.5 Å². The zero-order chi connectivity index (χ0) is 21.3. The van der Waals surface area contributed by atoms with Gasteiger partial charge in [-0.15, -0.1) is 11.3 Å². The Labute approximate surface area is 184 Å². The number of benzene rings is 1. The third-order valence-electron chi connectivity index (χ3n) is 5.49. The topological polar surface area (TPSA) is 58.1 Å². The molecule has 1 aromatic heterocycles. The van der Waals surface area contributed by atoms with E-state index in [1.165, 1.54) is 17.7 Å². The fraction of sp³-hybridized carbons (Fsp3) is 0.522. The van der Waals surface area contributed by atoms with Gasteiger partial charge < -0.3 is 25.0 Å². The number of para-hydroxylation sites is 1. The Bertz CT molecular complexity index is 802. The number of hydrogen-bond acceptors (Lipinski definition) is 5. The molecule has 1 unspecified atom stereocenters. The highest BCUT2D eigenvalue weighted by molar-refractivity contribution is 7.10. The lowest BCUT2D eigenvalue weighted by Crippen LogP contribution is -2.41. The van der Waals surface area contributed by atoms with Gasteiger partial charge in [0.1, 0.15) is 0 Å². The molecule has 1 aliphatic rings. The van der Waals surface area contributed by atoms with Crippen LogP contribution >= 0.6 is 11.3 Å². The normalized spacial score (nSPS) is 16.0. The molecular weight excluding hydrogens is 396 g/mol. The van der Waals surface area contributed by atoms with Crippen molar-refractivity contribution in [3.8, 4) is 11.5 Å². The number of guanidine groups is 1. The van der Waals surface area contributed by atoms with Crippen molar-refractivity contribution < 1.29 is 9.47 Å². The molecule has 1 fully saturated rings. The van der Waals surface area contributed by atoms with E-state index < -0.39 is 0 Å². The Balaban J connectivity index is 1.63. The van der Waals surface area contributed by atoms with Gasteiger partial charge in [-0.3, -0.25) is 4.99 Å². The lowest BCUT2D eigenvalue weighted by atomic mass is 10.1. The van der Waals surface area contributed by atoms with Crippen LogP contribution in [0, 0.1) is 0 Å². The number of aliphatic imine (C=N–C) groups is 1. The second-order valence-electron chi connectivity index (χ2n) is 7.77. The minimum absolute atomic E-state index is 0.282. The molecule has 2 N–H and O–H groups in total. The van der Waals surface area contributed by atoms with Crippen molar-refractivity contribution in [3.63, 3.8) is 0 Å². The minimum atomic E-state index is 0.282. The molecule has 3 rings (SSSR count). The molecule has 1 atom stereocenters. The van der Waals surface area contributed by atoms with Gasteiger partial charge in [0, 0.05) is 30.6 Å². The highest BCUT2D eigenvalue weighted by Crippen LogP contribution is 2.34. The lowest BCUT2D eigenvalue weighted by Gasteiger charge is -2.25. The van der Waals surface area contributed by atoms with Crippen molar-refractivity contribution in [2.45, 2.75) is 44.4 Å². The van der Waals surface area contributed by atoms with Gasteiger partial charge in [0.05, 0.1) is 19.3 Å². The zero-order valence-corrected chi connectivity index (χ0v) is 19.3. The highest BCUT2D eigenvalue weighted by Gasteiger charge is 2.21. The van der Waals surface area contributed by atoms with Crippen molar-refractivity contribution in [1.29, 1.82) is 0 Å². The number of likely N-dealkylation sites (N-methyl/N-ethyl adjacent to an activating group) is 1. The number of hydrogen-bond donors (Lipinski definition) is 2. The Morgan fingerprint density at radius 2 is 2.00 bits per heavy atom. The van der Waals surface area contributed by atoms with E-state index in [0.29, 0.717) is 12.6 Å². The quantitative estimate of drug-likeness (QED) is 0.464. The number of nitrogens with zero attached hydrogens (tertiary/aromatic N) is 2. The number of ether oxygens (including phenoxy) is 2. The zero-order valence-electron chi connectivity index (χ0n) is 18.5. The molecule has 0 saturated heterocycles. The first kappa shape index (κ1) is 22.4. The van der Waals surface area contributed by atoms with Crippen LogP contribution in [0.15, 0.2) is 40.7 Å². The van der Waals surface area contributed by atoms with E-state index in [-0.39, 0.29) is 6.10 Å². The first-order chi connectivity index (χ1) is 14.6. The molecule has 30 heavy (non-hydrogen) atoms. The van der Waals surface area contributed by atoms with E-state index in [1.807, 2.05) is 12.1 Å². The Hall–Kier alpha value is -2.25. The first-order valence-electron chi connectivity index (χ1n) is 10.6. The van der Waals surface area contributed by atoms with Crippen molar-refractivity contribution in [2.24, 2.45) is 4.99 Å². The maximum Gasteiger partial charge on any atom is 0.191 e. The largest absolute Gasteiger partial charge is 0.493 e. The van der Waals surface area contributed by atoms with E-state index >= 15 is 0 Å². The smallest absolute Gasteiger partial charge is 0.191 e. The molecule has 0 radical (unpaired) electrons. The summed E-state index contributed by atoms with van der Waals surface area (Å²) >= 11 is 1.78. The maximum absolute atomic E-state index is 6.34. The van der Waals surface area contributed by atoms with Gasteiger partial charge in [-0.1, -0.05) is 18.2 Å². The summed E-state index contributed by atoms with van der Waals surface area (Å²) in [5, 5.41) is 9.01. The summed E-state index contributed by atoms with van der Waals surface area (Å²) < 4.78 is 11.9. The Morgan fingerprint density at radius 1 is 1.20 bits per heavy atom. The molecule has 0 aliphatic heterocycles. The van der Waals surface area contributed by atoms with Crippen LogP contribution in [-0.4, -0.2) is 51.8 Å². The highest BCUT2D eigenvalue weighted by atomic mass is 32.1. The molecule has 7 heteroatoms. The van der Waals surface area contributed by atoms with Crippen LogP contribution in [0.5, 0.6) is 11.5 Å². The fourth-order valence-corrected chi connectivity index (χ4v) is 4.70. The molecule has 0 amide bonds. The molecular formula is C23H34N4O2S. The summed E-state index contributed by atoms with van der Waals surface area (Å²) in [7, 11) is 7.70. The van der Waals surface area contributed by atoms with Crippen LogP contribution in [0.25, 0.3) is 0 Å². The molecule has 0 bridgehead atoms. The Morgan fingerprint density at radius 3 is 2.63 bits per heavy atom. The molecule has 1 saturated carbocycles. The lowest BCUT2D eigenvalue weighted by molar-refractivity contribution is 0.198. The summed E-state index contributed by atoms with van der Waals surface area (Å²) in [4.78, 5) is 7.96. The Kier molecular flexibility index (Phi) is 8.39. The van der Waals surface area contributed by atoms with Crippen molar-refractivity contribution in [2.75, 3.05) is 34.8 Å². The van der Waals surface area contributed by atoms with Crippen molar-refractivity contribution >= 4 is 17.3 Å². The predicted molar refractivity (Wildman–Crippen MR) is 125 cm³/mol. The molecule has 2 aromatic rings. The van der Waals surface area contributed by atoms with Crippen LogP contribution in [0.1, 0.15) is 42.2 Å². The molecule has 0 spiro atoms. The molecule has 164 valence electrons. The summed E-state index contributed by atoms with van der Waals surface area (Å²) in [6.07, 6.45) is 4.98. The fourth-order valence-electron chi connectivity index (χ4n) is 3.78. The number of thiophene rings is 1. The van der Waals surface area contributed by atoms with Crippen LogP contribution in [0.2, 0.25) is 0 Å².